The van der Waals surface area contributed by atoms with Crippen molar-refractivity contribution >= 4 is 22.6 Å². The lowest BCUT2D eigenvalue weighted by atomic mass is 10.1. The smallest absolute Gasteiger partial charge is 0.253 e. The molecule has 3 heterocycles. The number of carbonyl (C=O) groups excluding carboxylic acids is 1. The van der Waals surface area contributed by atoms with Crippen LogP contribution < -0.4 is 10.2 Å². The average Bonchev–Trinajstić information content (AvgIpc) is 3.27. The highest BCUT2D eigenvalue weighted by molar-refractivity contribution is 5.94. The zero-order chi connectivity index (χ0) is 22.1. The van der Waals surface area contributed by atoms with E-state index in [0.29, 0.717) is 46.8 Å². The van der Waals surface area contributed by atoms with Gasteiger partial charge in [0.25, 0.3) is 5.91 Å². The minimum absolute atomic E-state index is 0.0722. The van der Waals surface area contributed by atoms with Crippen LogP contribution in [0.2, 0.25) is 0 Å². The van der Waals surface area contributed by atoms with Gasteiger partial charge in [0.05, 0.1) is 16.6 Å². The van der Waals surface area contributed by atoms with E-state index in [1.807, 2.05) is 4.90 Å². The van der Waals surface area contributed by atoms with E-state index in [1.165, 1.54) is 18.3 Å². The molecular formula is C24H20FN5O2. The van der Waals surface area contributed by atoms with E-state index in [2.05, 4.69) is 15.3 Å². The van der Waals surface area contributed by atoms with Crippen LogP contribution in [0.3, 0.4) is 0 Å². The Labute approximate surface area is 183 Å². The van der Waals surface area contributed by atoms with Gasteiger partial charge in [0.2, 0.25) is 0 Å². The molecule has 0 unspecified atom stereocenters. The van der Waals surface area contributed by atoms with Gasteiger partial charge in [0.15, 0.2) is 5.82 Å². The summed E-state index contributed by atoms with van der Waals surface area (Å²) in [5.41, 5.74) is 1.58. The maximum absolute atomic E-state index is 14.1. The number of nitrogens with one attached hydrogen (secondary N) is 1. The number of phenols is 1. The Balaban J connectivity index is 1.47. The molecule has 0 radical (unpaired) electrons. The molecule has 160 valence electrons. The molecular weight excluding hydrogens is 409 g/mol. The van der Waals surface area contributed by atoms with Crippen LogP contribution in [-0.2, 0) is 0 Å². The summed E-state index contributed by atoms with van der Waals surface area (Å²) in [5.74, 6) is 0.450. The monoisotopic (exact) mass is 429 g/mol. The lowest BCUT2D eigenvalue weighted by Crippen LogP contribution is -2.37. The van der Waals surface area contributed by atoms with E-state index in [-0.39, 0.29) is 23.5 Å². The number of benzene rings is 2. The Hall–Kier alpha value is -4.07. The number of anilines is 1. The number of rotatable bonds is 4. The van der Waals surface area contributed by atoms with E-state index < -0.39 is 0 Å². The fraction of sp³-hybridized carbons (Fsp3) is 0.167. The number of para-hydroxylation sites is 1. The van der Waals surface area contributed by atoms with Crippen molar-refractivity contribution in [2.24, 2.45) is 0 Å². The van der Waals surface area contributed by atoms with Gasteiger partial charge >= 0.3 is 0 Å². The fourth-order valence-electron chi connectivity index (χ4n) is 3.94. The molecule has 1 fully saturated rings. The fourth-order valence-corrected chi connectivity index (χ4v) is 3.94. The molecule has 1 atom stereocenters. The van der Waals surface area contributed by atoms with Crippen LogP contribution in [0.25, 0.3) is 22.3 Å². The molecule has 2 N–H and O–H groups in total. The first-order valence-corrected chi connectivity index (χ1v) is 10.3. The third kappa shape index (κ3) is 3.82. The molecule has 1 aliphatic heterocycles. The Morgan fingerprint density at radius 2 is 2.00 bits per heavy atom. The van der Waals surface area contributed by atoms with Gasteiger partial charge in [0.1, 0.15) is 17.4 Å². The number of hydrogen-bond acceptors (Lipinski definition) is 6. The van der Waals surface area contributed by atoms with E-state index >= 15 is 0 Å². The lowest BCUT2D eigenvalue weighted by molar-refractivity contribution is 0.0940. The van der Waals surface area contributed by atoms with Gasteiger partial charge in [0, 0.05) is 36.9 Å². The van der Waals surface area contributed by atoms with Crippen LogP contribution in [0.1, 0.15) is 16.8 Å². The van der Waals surface area contributed by atoms with Crippen molar-refractivity contribution in [1.29, 1.82) is 0 Å². The first-order chi connectivity index (χ1) is 15.6. The second-order valence-corrected chi connectivity index (χ2v) is 7.70. The second-order valence-electron chi connectivity index (χ2n) is 7.70. The Morgan fingerprint density at radius 3 is 2.81 bits per heavy atom. The first-order valence-electron chi connectivity index (χ1n) is 10.3. The molecule has 0 saturated carbocycles. The van der Waals surface area contributed by atoms with Gasteiger partial charge in [-0.25, -0.2) is 14.4 Å². The Kier molecular flexibility index (Phi) is 5.10. The van der Waals surface area contributed by atoms with Crippen molar-refractivity contribution in [3.8, 4) is 17.1 Å². The van der Waals surface area contributed by atoms with E-state index in [1.54, 1.807) is 48.7 Å². The summed E-state index contributed by atoms with van der Waals surface area (Å²) < 4.78 is 14.1. The predicted octanol–water partition coefficient (Wildman–Crippen LogP) is 3.55. The standard InChI is InChI=1S/C24H20FN5O2/c25-16-7-8-20-19(12-16)23(29-22(28-20)18-5-1-2-6-21(18)31)30-11-9-17(14-30)27-24(32)15-4-3-10-26-13-15/h1-8,10,12-13,17,31H,9,11,14H2,(H,27,32)/t17-/m0/s1. The molecule has 0 bridgehead atoms. The molecule has 1 saturated heterocycles. The van der Waals surface area contributed by atoms with Crippen LogP contribution in [0.5, 0.6) is 5.75 Å². The number of pyridine rings is 1. The number of fused-ring (bicyclic) bond motifs is 1. The van der Waals surface area contributed by atoms with Gasteiger partial charge in [-0.15, -0.1) is 0 Å². The number of amides is 1. The van der Waals surface area contributed by atoms with Gasteiger partial charge < -0.3 is 15.3 Å². The third-order valence-corrected chi connectivity index (χ3v) is 5.53. The van der Waals surface area contributed by atoms with Crippen LogP contribution in [-0.4, -0.2) is 45.1 Å². The average molecular weight is 429 g/mol. The summed E-state index contributed by atoms with van der Waals surface area (Å²) in [6.07, 6.45) is 3.87. The number of aromatic hydroxyl groups is 1. The topological polar surface area (TPSA) is 91.2 Å². The largest absolute Gasteiger partial charge is 0.507 e. The lowest BCUT2D eigenvalue weighted by Gasteiger charge is -2.21. The summed E-state index contributed by atoms with van der Waals surface area (Å²) in [4.78, 5) is 27.7. The molecule has 0 spiro atoms. The molecule has 4 aromatic rings. The van der Waals surface area contributed by atoms with Gasteiger partial charge in [-0.1, -0.05) is 12.1 Å². The van der Waals surface area contributed by atoms with Crippen molar-refractivity contribution in [1.82, 2.24) is 20.3 Å². The van der Waals surface area contributed by atoms with Crippen LogP contribution in [0, 0.1) is 5.82 Å². The third-order valence-electron chi connectivity index (χ3n) is 5.53. The molecule has 2 aromatic carbocycles. The first kappa shape index (κ1) is 19.9. The molecule has 5 rings (SSSR count). The van der Waals surface area contributed by atoms with Crippen LogP contribution >= 0.6 is 0 Å². The molecule has 7 nitrogen and oxygen atoms in total. The van der Waals surface area contributed by atoms with Crippen molar-refractivity contribution < 1.29 is 14.3 Å². The summed E-state index contributed by atoms with van der Waals surface area (Å²) in [6, 6.07) is 14.6. The minimum atomic E-state index is -0.377. The highest BCUT2D eigenvalue weighted by atomic mass is 19.1. The predicted molar refractivity (Wildman–Crippen MR) is 119 cm³/mol. The zero-order valence-corrected chi connectivity index (χ0v) is 17.1. The van der Waals surface area contributed by atoms with Gasteiger partial charge in [-0.3, -0.25) is 9.78 Å². The number of halogens is 1. The van der Waals surface area contributed by atoms with E-state index in [0.717, 1.165) is 6.42 Å². The van der Waals surface area contributed by atoms with Crippen LogP contribution in [0.4, 0.5) is 10.2 Å². The summed E-state index contributed by atoms with van der Waals surface area (Å²) in [7, 11) is 0. The quantitative estimate of drug-likeness (QED) is 0.516. The molecule has 1 amide bonds. The summed E-state index contributed by atoms with van der Waals surface area (Å²) >= 11 is 0. The number of nitrogens with zero attached hydrogens (tertiary/aromatic N) is 4. The van der Waals surface area contributed by atoms with Gasteiger partial charge in [-0.2, -0.15) is 0 Å². The molecule has 32 heavy (non-hydrogen) atoms. The summed E-state index contributed by atoms with van der Waals surface area (Å²) in [6.45, 7) is 1.16. The van der Waals surface area contributed by atoms with E-state index in [9.17, 15) is 14.3 Å². The normalized spacial score (nSPS) is 15.8. The van der Waals surface area contributed by atoms with E-state index in [4.69, 9.17) is 4.98 Å². The van der Waals surface area contributed by atoms with Crippen molar-refractivity contribution in [2.75, 3.05) is 18.0 Å². The van der Waals surface area contributed by atoms with Crippen molar-refractivity contribution in [3.63, 3.8) is 0 Å². The zero-order valence-electron chi connectivity index (χ0n) is 17.1. The molecule has 1 aliphatic rings. The Bertz CT molecular complexity index is 1300. The van der Waals surface area contributed by atoms with Crippen molar-refractivity contribution in [3.05, 3.63) is 78.4 Å². The number of carbonyl (C=O) groups is 1. The minimum Gasteiger partial charge on any atom is -0.507 e. The summed E-state index contributed by atoms with van der Waals surface area (Å²) in [5, 5.41) is 13.9. The molecule has 2 aromatic heterocycles. The maximum atomic E-state index is 14.1. The molecule has 0 aliphatic carbocycles. The number of phenolic OH excluding ortho intramolecular Hbond substituents is 1. The highest BCUT2D eigenvalue weighted by Crippen LogP contribution is 2.33. The number of aromatic nitrogens is 3. The van der Waals surface area contributed by atoms with Crippen molar-refractivity contribution in [2.45, 2.75) is 12.5 Å². The second kappa shape index (κ2) is 8.22. The molecule has 8 heteroatoms. The number of hydrogen-bond donors (Lipinski definition) is 2. The highest BCUT2D eigenvalue weighted by Gasteiger charge is 2.27. The van der Waals surface area contributed by atoms with Gasteiger partial charge in [-0.05, 0) is 48.9 Å². The van der Waals surface area contributed by atoms with Crippen LogP contribution in [0.15, 0.2) is 67.0 Å². The SMILES string of the molecule is O=C(N[C@H]1CCN(c2nc(-c3ccccc3O)nc3ccc(F)cc23)C1)c1cccnc1. The Morgan fingerprint density at radius 1 is 1.12 bits per heavy atom. The maximum Gasteiger partial charge on any atom is 0.253 e.